The Morgan fingerprint density at radius 2 is 2.10 bits per heavy atom. The lowest BCUT2D eigenvalue weighted by Gasteiger charge is -2.35. The van der Waals surface area contributed by atoms with E-state index in [0.29, 0.717) is 17.3 Å². The van der Waals surface area contributed by atoms with Crippen molar-refractivity contribution in [2.24, 2.45) is 0 Å². The molecule has 21 heavy (non-hydrogen) atoms. The number of urea groups is 1. The number of rotatable bonds is 3. The van der Waals surface area contributed by atoms with Crippen LogP contribution in [0, 0.1) is 11.3 Å². The van der Waals surface area contributed by atoms with E-state index in [1.54, 1.807) is 24.3 Å². The number of carbonyl (C=O) groups is 1. The van der Waals surface area contributed by atoms with E-state index in [9.17, 15) is 4.79 Å². The third-order valence-corrected chi connectivity index (χ3v) is 3.79. The van der Waals surface area contributed by atoms with Gasteiger partial charge in [-0.3, -0.25) is 4.90 Å². The molecule has 0 aliphatic carbocycles. The highest BCUT2D eigenvalue weighted by molar-refractivity contribution is 5.89. The minimum atomic E-state index is -0.185. The fourth-order valence-corrected chi connectivity index (χ4v) is 2.57. The number of nitriles is 1. The van der Waals surface area contributed by atoms with E-state index >= 15 is 0 Å². The van der Waals surface area contributed by atoms with Crippen LogP contribution in [-0.2, 0) is 0 Å². The van der Waals surface area contributed by atoms with Gasteiger partial charge in [-0.2, -0.15) is 5.26 Å². The summed E-state index contributed by atoms with van der Waals surface area (Å²) in [5.41, 5.74) is 1.28. The third-order valence-electron chi connectivity index (χ3n) is 3.79. The molecule has 1 aromatic rings. The predicted octanol–water partition coefficient (Wildman–Crippen LogP) is 2.55. The maximum Gasteiger partial charge on any atom is 0.319 e. The number of carbonyl (C=O) groups excluding carboxylic acids is 1. The van der Waals surface area contributed by atoms with Crippen molar-refractivity contribution in [1.29, 1.82) is 5.26 Å². The highest BCUT2D eigenvalue weighted by Gasteiger charge is 2.22. The van der Waals surface area contributed by atoms with Gasteiger partial charge >= 0.3 is 6.03 Å². The number of hydrogen-bond acceptors (Lipinski definition) is 3. The number of benzene rings is 1. The topological polar surface area (TPSA) is 68.2 Å². The Morgan fingerprint density at radius 3 is 2.71 bits per heavy atom. The minimum absolute atomic E-state index is 0.185. The normalized spacial score (nSPS) is 19.0. The van der Waals surface area contributed by atoms with E-state index in [1.807, 2.05) is 0 Å². The number of likely N-dealkylation sites (tertiary alicyclic amines) is 1. The quantitative estimate of drug-likeness (QED) is 0.897. The van der Waals surface area contributed by atoms with Crippen molar-refractivity contribution in [3.63, 3.8) is 0 Å². The molecule has 1 unspecified atom stereocenters. The highest BCUT2D eigenvalue weighted by Crippen LogP contribution is 2.13. The number of anilines is 1. The van der Waals surface area contributed by atoms with Crippen molar-refractivity contribution >= 4 is 11.7 Å². The standard InChI is InChI=1S/C16H22N4O/c1-12(2)20-9-3-4-15(11-20)19-16(21)18-14-7-5-13(10-17)6-8-14/h5-8,12,15H,3-4,9,11H2,1-2H3,(H2,18,19,21). The molecule has 5 heteroatoms. The van der Waals surface area contributed by atoms with Gasteiger partial charge in [0.25, 0.3) is 0 Å². The number of piperidine rings is 1. The van der Waals surface area contributed by atoms with Gasteiger partial charge in [0.05, 0.1) is 11.6 Å². The van der Waals surface area contributed by atoms with Crippen molar-refractivity contribution < 1.29 is 4.79 Å². The average Bonchev–Trinajstić information content (AvgIpc) is 2.48. The van der Waals surface area contributed by atoms with Crippen LogP contribution >= 0.6 is 0 Å². The van der Waals surface area contributed by atoms with Gasteiger partial charge in [-0.1, -0.05) is 0 Å². The summed E-state index contributed by atoms with van der Waals surface area (Å²) < 4.78 is 0. The van der Waals surface area contributed by atoms with Gasteiger partial charge in [0.15, 0.2) is 0 Å². The summed E-state index contributed by atoms with van der Waals surface area (Å²) in [4.78, 5) is 14.4. The van der Waals surface area contributed by atoms with Crippen LogP contribution in [0.1, 0.15) is 32.3 Å². The molecule has 2 N–H and O–H groups in total. The van der Waals surface area contributed by atoms with Crippen LogP contribution in [0.25, 0.3) is 0 Å². The fourth-order valence-electron chi connectivity index (χ4n) is 2.57. The van der Waals surface area contributed by atoms with Gasteiger partial charge in [-0.25, -0.2) is 4.79 Å². The first kappa shape index (κ1) is 15.3. The molecule has 2 amide bonds. The molecule has 1 atom stereocenters. The molecular weight excluding hydrogens is 264 g/mol. The van der Waals surface area contributed by atoms with E-state index in [1.165, 1.54) is 0 Å². The summed E-state index contributed by atoms with van der Waals surface area (Å²) >= 11 is 0. The number of nitrogens with one attached hydrogen (secondary N) is 2. The first-order valence-corrected chi connectivity index (χ1v) is 7.40. The molecule has 0 spiro atoms. The molecule has 1 aliphatic heterocycles. The molecule has 0 aromatic heterocycles. The van der Waals surface area contributed by atoms with E-state index in [-0.39, 0.29) is 12.1 Å². The van der Waals surface area contributed by atoms with Crippen LogP contribution in [0.5, 0.6) is 0 Å². The van der Waals surface area contributed by atoms with Gasteiger partial charge in [-0.15, -0.1) is 0 Å². The van der Waals surface area contributed by atoms with Crippen LogP contribution in [0.2, 0.25) is 0 Å². The Bertz CT molecular complexity index is 518. The molecule has 112 valence electrons. The largest absolute Gasteiger partial charge is 0.334 e. The minimum Gasteiger partial charge on any atom is -0.334 e. The van der Waals surface area contributed by atoms with Gasteiger partial charge in [0.2, 0.25) is 0 Å². The summed E-state index contributed by atoms with van der Waals surface area (Å²) in [6.45, 7) is 6.37. The fraction of sp³-hybridized carbons (Fsp3) is 0.500. The second kappa shape index (κ2) is 7.09. The lowest BCUT2D eigenvalue weighted by atomic mass is 10.0. The van der Waals surface area contributed by atoms with E-state index in [2.05, 4.69) is 35.5 Å². The van der Waals surface area contributed by atoms with Crippen LogP contribution in [0.3, 0.4) is 0 Å². The van der Waals surface area contributed by atoms with Crippen LogP contribution in [0.4, 0.5) is 10.5 Å². The Labute approximate surface area is 125 Å². The van der Waals surface area contributed by atoms with E-state index < -0.39 is 0 Å². The Kier molecular flexibility index (Phi) is 5.18. The first-order valence-electron chi connectivity index (χ1n) is 7.40. The summed E-state index contributed by atoms with van der Waals surface area (Å²) in [6, 6.07) is 9.43. The predicted molar refractivity (Wildman–Crippen MR) is 83.0 cm³/mol. The Balaban J connectivity index is 1.85. The van der Waals surface area contributed by atoms with Crippen molar-refractivity contribution in [1.82, 2.24) is 10.2 Å². The molecule has 0 radical (unpaired) electrons. The Morgan fingerprint density at radius 1 is 1.38 bits per heavy atom. The molecule has 5 nitrogen and oxygen atoms in total. The van der Waals surface area contributed by atoms with Crippen molar-refractivity contribution in [2.75, 3.05) is 18.4 Å². The zero-order valence-corrected chi connectivity index (χ0v) is 12.6. The second-order valence-electron chi connectivity index (χ2n) is 5.72. The van der Waals surface area contributed by atoms with Crippen molar-refractivity contribution in [2.45, 2.75) is 38.8 Å². The molecule has 1 saturated heterocycles. The zero-order chi connectivity index (χ0) is 15.2. The summed E-state index contributed by atoms with van der Waals surface area (Å²) in [5, 5.41) is 14.6. The Hall–Kier alpha value is -2.06. The molecule has 1 fully saturated rings. The molecule has 1 heterocycles. The molecule has 0 bridgehead atoms. The van der Waals surface area contributed by atoms with Gasteiger partial charge in [0, 0.05) is 24.3 Å². The zero-order valence-electron chi connectivity index (χ0n) is 12.6. The van der Waals surface area contributed by atoms with E-state index in [4.69, 9.17) is 5.26 Å². The number of nitrogens with zero attached hydrogens (tertiary/aromatic N) is 2. The van der Waals surface area contributed by atoms with E-state index in [0.717, 1.165) is 25.9 Å². The second-order valence-corrected chi connectivity index (χ2v) is 5.72. The molecule has 1 aliphatic rings. The van der Waals surface area contributed by atoms with Gasteiger partial charge in [0.1, 0.15) is 0 Å². The molecule has 1 aromatic carbocycles. The summed E-state index contributed by atoms with van der Waals surface area (Å²) in [5.74, 6) is 0. The molecule has 0 saturated carbocycles. The molecule has 2 rings (SSSR count). The van der Waals surface area contributed by atoms with Crippen molar-refractivity contribution in [3.8, 4) is 6.07 Å². The first-order chi connectivity index (χ1) is 10.1. The summed E-state index contributed by atoms with van der Waals surface area (Å²) in [7, 11) is 0. The molecular formula is C16H22N4O. The lowest BCUT2D eigenvalue weighted by molar-refractivity contribution is 0.156. The maximum absolute atomic E-state index is 12.0. The maximum atomic E-state index is 12.0. The van der Waals surface area contributed by atoms with Gasteiger partial charge in [-0.05, 0) is 57.5 Å². The third kappa shape index (κ3) is 4.47. The smallest absolute Gasteiger partial charge is 0.319 e. The van der Waals surface area contributed by atoms with Crippen molar-refractivity contribution in [3.05, 3.63) is 29.8 Å². The highest BCUT2D eigenvalue weighted by atomic mass is 16.2. The van der Waals surface area contributed by atoms with Crippen LogP contribution in [-0.4, -0.2) is 36.1 Å². The SMILES string of the molecule is CC(C)N1CCCC(NC(=O)Nc2ccc(C#N)cc2)C1. The monoisotopic (exact) mass is 286 g/mol. The summed E-state index contributed by atoms with van der Waals surface area (Å²) in [6.07, 6.45) is 2.13. The number of amides is 2. The lowest BCUT2D eigenvalue weighted by Crippen LogP contribution is -2.50. The van der Waals surface area contributed by atoms with Crippen LogP contribution < -0.4 is 10.6 Å². The number of hydrogen-bond donors (Lipinski definition) is 2. The average molecular weight is 286 g/mol. The van der Waals surface area contributed by atoms with Gasteiger partial charge < -0.3 is 10.6 Å². The van der Waals surface area contributed by atoms with Crippen LogP contribution in [0.15, 0.2) is 24.3 Å².